The number of hydrogen-bond acceptors (Lipinski definition) is 3. The molecule has 5 nitrogen and oxygen atoms in total. The van der Waals surface area contributed by atoms with Gasteiger partial charge in [-0.15, -0.1) is 0 Å². The zero-order chi connectivity index (χ0) is 12.9. The zero-order valence-corrected chi connectivity index (χ0v) is 10.4. The molecule has 1 amide bonds. The van der Waals surface area contributed by atoms with Gasteiger partial charge in [0, 0.05) is 13.0 Å². The first-order chi connectivity index (χ1) is 7.94. The summed E-state index contributed by atoms with van der Waals surface area (Å²) in [6, 6.07) is 0. The first kappa shape index (κ1) is 14.0. The van der Waals surface area contributed by atoms with Crippen molar-refractivity contribution in [2.24, 2.45) is 11.7 Å². The summed E-state index contributed by atoms with van der Waals surface area (Å²) in [6.45, 7) is 2.36. The summed E-state index contributed by atoms with van der Waals surface area (Å²) in [5, 5.41) is 11.3. The van der Waals surface area contributed by atoms with Crippen molar-refractivity contribution in [2.45, 2.75) is 51.0 Å². The molecule has 0 heterocycles. The van der Waals surface area contributed by atoms with Gasteiger partial charge in [0.05, 0.1) is 5.54 Å². The number of carbonyl (C=O) groups is 2. The third kappa shape index (κ3) is 4.73. The quantitative estimate of drug-likeness (QED) is 0.551. The fourth-order valence-corrected chi connectivity index (χ4v) is 1.84. The highest BCUT2D eigenvalue weighted by Gasteiger charge is 2.43. The van der Waals surface area contributed by atoms with E-state index in [9.17, 15) is 9.59 Å². The Hall–Kier alpha value is -1.10. The molecule has 1 atom stereocenters. The number of hydrogen-bond donors (Lipinski definition) is 3. The van der Waals surface area contributed by atoms with E-state index in [1.54, 1.807) is 6.92 Å². The average Bonchev–Trinajstić information content (AvgIpc) is 3.05. The van der Waals surface area contributed by atoms with E-state index in [0.717, 1.165) is 25.7 Å². The standard InChI is InChI=1S/C12H22N2O3/c1-12(13,9-6-7-9)11(17)14-8-4-2-3-5-10(15)16/h9H,2-8,13H2,1H3,(H,14,17)(H,15,16). The van der Waals surface area contributed by atoms with E-state index >= 15 is 0 Å². The molecule has 1 unspecified atom stereocenters. The maximum absolute atomic E-state index is 11.8. The molecule has 0 radical (unpaired) electrons. The SMILES string of the molecule is CC(N)(C(=O)NCCCCCC(=O)O)C1CC1. The van der Waals surface area contributed by atoms with E-state index in [1.807, 2.05) is 0 Å². The molecule has 0 saturated heterocycles. The van der Waals surface area contributed by atoms with Crippen LogP contribution in [0.15, 0.2) is 0 Å². The van der Waals surface area contributed by atoms with Gasteiger partial charge < -0.3 is 16.2 Å². The topological polar surface area (TPSA) is 92.4 Å². The van der Waals surface area contributed by atoms with Gasteiger partial charge in [0.1, 0.15) is 0 Å². The molecule has 1 fully saturated rings. The monoisotopic (exact) mass is 242 g/mol. The molecule has 0 aromatic rings. The van der Waals surface area contributed by atoms with Crippen LogP contribution in [0.5, 0.6) is 0 Å². The molecular formula is C12H22N2O3. The molecule has 0 aliphatic heterocycles. The lowest BCUT2D eigenvalue weighted by Gasteiger charge is -2.23. The number of aliphatic carboxylic acids is 1. The second-order valence-electron chi connectivity index (χ2n) is 5.02. The third-order valence-corrected chi connectivity index (χ3v) is 3.27. The highest BCUT2D eigenvalue weighted by molar-refractivity contribution is 5.86. The average molecular weight is 242 g/mol. The lowest BCUT2D eigenvalue weighted by Crippen LogP contribution is -2.53. The van der Waals surface area contributed by atoms with E-state index in [-0.39, 0.29) is 12.3 Å². The number of rotatable bonds is 8. The van der Waals surface area contributed by atoms with Crippen LogP contribution in [0.4, 0.5) is 0 Å². The van der Waals surface area contributed by atoms with Crippen molar-refractivity contribution >= 4 is 11.9 Å². The van der Waals surface area contributed by atoms with Crippen LogP contribution in [0, 0.1) is 5.92 Å². The minimum Gasteiger partial charge on any atom is -0.481 e. The Bertz CT molecular complexity index is 285. The van der Waals surface area contributed by atoms with Crippen molar-refractivity contribution in [3.05, 3.63) is 0 Å². The van der Waals surface area contributed by atoms with Crippen molar-refractivity contribution in [3.8, 4) is 0 Å². The first-order valence-electron chi connectivity index (χ1n) is 6.23. The summed E-state index contributed by atoms with van der Waals surface area (Å²) >= 11 is 0. The predicted molar refractivity (Wildman–Crippen MR) is 64.4 cm³/mol. The van der Waals surface area contributed by atoms with Crippen LogP contribution in [-0.4, -0.2) is 29.1 Å². The maximum atomic E-state index is 11.8. The third-order valence-electron chi connectivity index (χ3n) is 3.27. The second-order valence-corrected chi connectivity index (χ2v) is 5.02. The zero-order valence-electron chi connectivity index (χ0n) is 10.4. The fourth-order valence-electron chi connectivity index (χ4n) is 1.84. The van der Waals surface area contributed by atoms with Crippen molar-refractivity contribution in [3.63, 3.8) is 0 Å². The number of carboxylic acid groups (broad SMARTS) is 1. The normalized spacial score (nSPS) is 18.5. The van der Waals surface area contributed by atoms with E-state index in [4.69, 9.17) is 10.8 Å². The van der Waals surface area contributed by atoms with Crippen LogP contribution in [0.3, 0.4) is 0 Å². The molecule has 0 aromatic carbocycles. The Morgan fingerprint density at radius 1 is 1.35 bits per heavy atom. The van der Waals surface area contributed by atoms with Gasteiger partial charge in [-0.1, -0.05) is 6.42 Å². The Balaban J connectivity index is 2.06. The molecule has 1 aliphatic rings. The molecule has 4 N–H and O–H groups in total. The van der Waals surface area contributed by atoms with E-state index in [0.29, 0.717) is 18.9 Å². The van der Waals surface area contributed by atoms with Gasteiger partial charge in [-0.2, -0.15) is 0 Å². The molecule has 1 saturated carbocycles. The van der Waals surface area contributed by atoms with Crippen molar-refractivity contribution in [2.75, 3.05) is 6.54 Å². The number of nitrogens with one attached hydrogen (secondary N) is 1. The minimum atomic E-state index is -0.766. The second kappa shape index (κ2) is 6.00. The lowest BCUT2D eigenvalue weighted by atomic mass is 9.96. The van der Waals surface area contributed by atoms with Gasteiger partial charge in [0.25, 0.3) is 0 Å². The van der Waals surface area contributed by atoms with Gasteiger partial charge in [0.15, 0.2) is 0 Å². The van der Waals surface area contributed by atoms with E-state index in [1.165, 1.54) is 0 Å². The number of unbranched alkanes of at least 4 members (excludes halogenated alkanes) is 2. The van der Waals surface area contributed by atoms with Crippen LogP contribution in [0.25, 0.3) is 0 Å². The summed E-state index contributed by atoms with van der Waals surface area (Å²) < 4.78 is 0. The Morgan fingerprint density at radius 3 is 2.53 bits per heavy atom. The molecule has 98 valence electrons. The summed E-state index contributed by atoms with van der Waals surface area (Å²) in [4.78, 5) is 22.0. The van der Waals surface area contributed by atoms with E-state index in [2.05, 4.69) is 5.32 Å². The highest BCUT2D eigenvalue weighted by atomic mass is 16.4. The minimum absolute atomic E-state index is 0.0850. The molecule has 5 heteroatoms. The molecule has 0 bridgehead atoms. The lowest BCUT2D eigenvalue weighted by molar-refractivity contribution is -0.137. The molecule has 17 heavy (non-hydrogen) atoms. The molecular weight excluding hydrogens is 220 g/mol. The van der Waals surface area contributed by atoms with Gasteiger partial charge in [-0.05, 0) is 38.5 Å². The Kier molecular flexibility index (Phi) is 4.93. The van der Waals surface area contributed by atoms with Crippen LogP contribution >= 0.6 is 0 Å². The summed E-state index contributed by atoms with van der Waals surface area (Å²) in [5.74, 6) is -0.523. The van der Waals surface area contributed by atoms with Crippen LogP contribution in [-0.2, 0) is 9.59 Å². The fraction of sp³-hybridized carbons (Fsp3) is 0.833. The Labute approximate surface area is 102 Å². The number of carboxylic acids is 1. The van der Waals surface area contributed by atoms with Gasteiger partial charge >= 0.3 is 5.97 Å². The van der Waals surface area contributed by atoms with Gasteiger partial charge in [-0.25, -0.2) is 0 Å². The smallest absolute Gasteiger partial charge is 0.303 e. The summed E-state index contributed by atoms with van der Waals surface area (Å²) in [5.41, 5.74) is 5.22. The first-order valence-corrected chi connectivity index (χ1v) is 6.23. The summed E-state index contributed by atoms with van der Waals surface area (Å²) in [7, 11) is 0. The van der Waals surface area contributed by atoms with Crippen LogP contribution in [0.1, 0.15) is 45.4 Å². The molecule has 1 aliphatic carbocycles. The van der Waals surface area contributed by atoms with Gasteiger partial charge in [-0.3, -0.25) is 9.59 Å². The maximum Gasteiger partial charge on any atom is 0.303 e. The molecule has 0 spiro atoms. The highest BCUT2D eigenvalue weighted by Crippen LogP contribution is 2.38. The number of carbonyl (C=O) groups excluding carboxylic acids is 1. The van der Waals surface area contributed by atoms with Crippen molar-refractivity contribution in [1.29, 1.82) is 0 Å². The predicted octanol–water partition coefficient (Wildman–Crippen LogP) is 0.875. The van der Waals surface area contributed by atoms with Gasteiger partial charge in [0.2, 0.25) is 5.91 Å². The van der Waals surface area contributed by atoms with Crippen LogP contribution < -0.4 is 11.1 Å². The molecule has 0 aromatic heterocycles. The van der Waals surface area contributed by atoms with E-state index < -0.39 is 11.5 Å². The number of nitrogens with two attached hydrogens (primary N) is 1. The molecule has 1 rings (SSSR count). The summed E-state index contributed by atoms with van der Waals surface area (Å²) in [6.07, 6.45) is 4.56. The number of amides is 1. The van der Waals surface area contributed by atoms with Crippen LogP contribution in [0.2, 0.25) is 0 Å². The Morgan fingerprint density at radius 2 is 2.00 bits per heavy atom. The van der Waals surface area contributed by atoms with Crippen molar-refractivity contribution in [1.82, 2.24) is 5.32 Å². The largest absolute Gasteiger partial charge is 0.481 e. The van der Waals surface area contributed by atoms with Crippen molar-refractivity contribution < 1.29 is 14.7 Å².